The number of aromatic amines is 1. The van der Waals surface area contributed by atoms with E-state index in [1.54, 1.807) is 7.05 Å². The number of benzene rings is 1. The van der Waals surface area contributed by atoms with Crippen molar-refractivity contribution >= 4 is 11.9 Å². The number of likely N-dealkylation sites (tertiary alicyclic amines) is 1. The van der Waals surface area contributed by atoms with Gasteiger partial charge in [-0.1, -0.05) is 25.1 Å². The molecule has 2 N–H and O–H groups in total. The van der Waals surface area contributed by atoms with Gasteiger partial charge in [0.05, 0.1) is 13.0 Å². The van der Waals surface area contributed by atoms with Gasteiger partial charge >= 0.3 is 5.97 Å². The van der Waals surface area contributed by atoms with Crippen LogP contribution in [0.3, 0.4) is 0 Å². The van der Waals surface area contributed by atoms with Crippen LogP contribution in [-0.4, -0.2) is 59.3 Å². The average molecular weight is 356 g/mol. The zero-order chi connectivity index (χ0) is 18.5. The van der Waals surface area contributed by atoms with Crippen LogP contribution in [0.25, 0.3) is 11.4 Å². The lowest BCUT2D eigenvalue weighted by Gasteiger charge is -2.21. The van der Waals surface area contributed by atoms with Crippen LogP contribution < -0.4 is 5.32 Å². The summed E-state index contributed by atoms with van der Waals surface area (Å²) in [5.41, 5.74) is 2.09. The number of nitrogens with one attached hydrogen (secondary N) is 2. The number of hydrogen-bond acceptors (Lipinski definition) is 5. The van der Waals surface area contributed by atoms with Crippen LogP contribution in [0.5, 0.6) is 0 Å². The largest absolute Gasteiger partial charge is 0.469 e. The molecule has 0 saturated carbocycles. The molecule has 0 bridgehead atoms. The van der Waals surface area contributed by atoms with Crippen molar-refractivity contribution in [2.75, 3.05) is 27.2 Å². The van der Waals surface area contributed by atoms with E-state index in [0.29, 0.717) is 13.1 Å². The van der Waals surface area contributed by atoms with E-state index < -0.39 is 0 Å². The van der Waals surface area contributed by atoms with Crippen LogP contribution in [0, 0.1) is 11.8 Å². The third-order valence-electron chi connectivity index (χ3n) is 4.69. The highest BCUT2D eigenvalue weighted by atomic mass is 16.5. The van der Waals surface area contributed by atoms with Gasteiger partial charge in [0.15, 0.2) is 11.8 Å². The minimum atomic E-state index is -0.157. The quantitative estimate of drug-likeness (QED) is 0.487. The second-order valence-electron chi connectivity index (χ2n) is 6.45. The Bertz CT molecular complexity index is 774. The van der Waals surface area contributed by atoms with E-state index in [4.69, 9.17) is 4.74 Å². The zero-order valence-corrected chi connectivity index (χ0v) is 15.3. The van der Waals surface area contributed by atoms with Crippen molar-refractivity contribution in [1.29, 1.82) is 0 Å². The molecule has 1 saturated heterocycles. The number of H-pyrrole nitrogens is 1. The summed E-state index contributed by atoms with van der Waals surface area (Å²) in [4.78, 5) is 22.5. The molecule has 0 amide bonds. The Morgan fingerprint density at radius 3 is 3.00 bits per heavy atom. The summed E-state index contributed by atoms with van der Waals surface area (Å²) in [7, 11) is 3.19. The molecule has 1 aliphatic heterocycles. The van der Waals surface area contributed by atoms with E-state index in [1.807, 2.05) is 18.2 Å². The number of nitrogens with zero attached hydrogens (tertiary/aromatic N) is 4. The third kappa shape index (κ3) is 3.84. The molecule has 1 aromatic carbocycles. The molecule has 2 atom stereocenters. The number of methoxy groups -OCH3 is 1. The predicted octanol–water partition coefficient (Wildman–Crippen LogP) is 1.29. The SMILES string of the molecule is CN=C(NCc1cccc(-c2ncn[nH]2)c1)N1CC(C)C(C(=O)OC)C1. The van der Waals surface area contributed by atoms with E-state index in [2.05, 4.69) is 43.4 Å². The van der Waals surface area contributed by atoms with Crippen LogP contribution in [0.2, 0.25) is 0 Å². The first kappa shape index (κ1) is 17.9. The number of ether oxygens (including phenoxy) is 1. The lowest BCUT2D eigenvalue weighted by molar-refractivity contribution is -0.145. The molecule has 8 heteroatoms. The molecular weight excluding hydrogens is 332 g/mol. The van der Waals surface area contributed by atoms with Crippen molar-refractivity contribution in [2.24, 2.45) is 16.8 Å². The molecule has 2 heterocycles. The fraction of sp³-hybridized carbons (Fsp3) is 0.444. The first-order valence-corrected chi connectivity index (χ1v) is 8.60. The Morgan fingerprint density at radius 2 is 2.31 bits per heavy atom. The lowest BCUT2D eigenvalue weighted by Crippen LogP contribution is -2.40. The molecule has 0 spiro atoms. The molecule has 2 unspecified atom stereocenters. The van der Waals surface area contributed by atoms with Crippen LogP contribution in [-0.2, 0) is 16.1 Å². The second kappa shape index (κ2) is 7.99. The minimum Gasteiger partial charge on any atom is -0.469 e. The van der Waals surface area contributed by atoms with Crippen LogP contribution in [0.15, 0.2) is 35.6 Å². The molecule has 26 heavy (non-hydrogen) atoms. The van der Waals surface area contributed by atoms with E-state index in [9.17, 15) is 4.79 Å². The maximum Gasteiger partial charge on any atom is 0.310 e. The molecule has 3 rings (SSSR count). The first-order chi connectivity index (χ1) is 12.6. The number of hydrogen-bond donors (Lipinski definition) is 2. The standard InChI is InChI=1S/C18H24N6O2/c1-12-9-24(10-15(12)17(25)26-3)18(19-2)20-8-13-5-4-6-14(7-13)16-21-11-22-23-16/h4-7,11-12,15H,8-10H2,1-3H3,(H,19,20)(H,21,22,23). The number of esters is 1. The van der Waals surface area contributed by atoms with Crippen LogP contribution >= 0.6 is 0 Å². The number of carbonyl (C=O) groups excluding carboxylic acids is 1. The fourth-order valence-corrected chi connectivity index (χ4v) is 3.28. The zero-order valence-electron chi connectivity index (χ0n) is 15.3. The van der Waals surface area contributed by atoms with Crippen molar-refractivity contribution in [3.8, 4) is 11.4 Å². The number of guanidine groups is 1. The molecular formula is C18H24N6O2. The molecule has 0 aliphatic carbocycles. The molecule has 138 valence electrons. The maximum absolute atomic E-state index is 11.9. The number of aromatic nitrogens is 3. The highest BCUT2D eigenvalue weighted by Gasteiger charge is 2.36. The lowest BCUT2D eigenvalue weighted by atomic mass is 9.99. The van der Waals surface area contributed by atoms with Gasteiger partial charge in [-0.15, -0.1) is 0 Å². The Balaban J connectivity index is 1.63. The normalized spacial score (nSPS) is 20.3. The van der Waals surface area contributed by atoms with Gasteiger partial charge in [0, 0.05) is 32.2 Å². The van der Waals surface area contributed by atoms with E-state index in [-0.39, 0.29) is 17.8 Å². The summed E-state index contributed by atoms with van der Waals surface area (Å²) < 4.78 is 4.90. The fourth-order valence-electron chi connectivity index (χ4n) is 3.28. The van der Waals surface area contributed by atoms with Gasteiger partial charge in [-0.2, -0.15) is 5.10 Å². The summed E-state index contributed by atoms with van der Waals surface area (Å²) in [5, 5.41) is 10.1. The Labute approximate surface area is 152 Å². The van der Waals surface area contributed by atoms with Gasteiger partial charge in [-0.3, -0.25) is 14.9 Å². The van der Waals surface area contributed by atoms with Crippen molar-refractivity contribution < 1.29 is 9.53 Å². The summed E-state index contributed by atoms with van der Waals surface area (Å²) in [6, 6.07) is 8.08. The van der Waals surface area contributed by atoms with E-state index in [1.165, 1.54) is 13.4 Å². The van der Waals surface area contributed by atoms with Crippen molar-refractivity contribution in [3.05, 3.63) is 36.2 Å². The van der Waals surface area contributed by atoms with E-state index in [0.717, 1.165) is 29.5 Å². The summed E-state index contributed by atoms with van der Waals surface area (Å²) in [6.45, 7) is 4.08. The highest BCUT2D eigenvalue weighted by molar-refractivity contribution is 5.82. The van der Waals surface area contributed by atoms with Crippen molar-refractivity contribution in [1.82, 2.24) is 25.4 Å². The molecule has 2 aromatic rings. The number of aliphatic imine (C=N–C) groups is 1. The summed E-state index contributed by atoms with van der Waals surface area (Å²) in [5.74, 6) is 1.48. The van der Waals surface area contributed by atoms with Gasteiger partial charge in [0.2, 0.25) is 0 Å². The summed E-state index contributed by atoms with van der Waals surface area (Å²) >= 11 is 0. The number of carbonyl (C=O) groups is 1. The van der Waals surface area contributed by atoms with Gasteiger partial charge < -0.3 is 15.0 Å². The second-order valence-corrected chi connectivity index (χ2v) is 6.45. The monoisotopic (exact) mass is 356 g/mol. The highest BCUT2D eigenvalue weighted by Crippen LogP contribution is 2.24. The van der Waals surface area contributed by atoms with Crippen molar-refractivity contribution in [3.63, 3.8) is 0 Å². The molecule has 1 aromatic heterocycles. The predicted molar refractivity (Wildman–Crippen MR) is 98.3 cm³/mol. The molecule has 8 nitrogen and oxygen atoms in total. The Kier molecular flexibility index (Phi) is 5.50. The summed E-state index contributed by atoms with van der Waals surface area (Å²) in [6.07, 6.45) is 1.49. The van der Waals surface area contributed by atoms with Gasteiger partial charge in [0.25, 0.3) is 0 Å². The van der Waals surface area contributed by atoms with Gasteiger partial charge in [-0.05, 0) is 17.5 Å². The minimum absolute atomic E-state index is 0.117. The topological polar surface area (TPSA) is 95.5 Å². The Hall–Kier alpha value is -2.90. The molecule has 0 radical (unpaired) electrons. The van der Waals surface area contributed by atoms with E-state index >= 15 is 0 Å². The molecule has 1 fully saturated rings. The smallest absolute Gasteiger partial charge is 0.310 e. The third-order valence-corrected chi connectivity index (χ3v) is 4.69. The van der Waals surface area contributed by atoms with Crippen LogP contribution in [0.4, 0.5) is 0 Å². The van der Waals surface area contributed by atoms with Crippen LogP contribution in [0.1, 0.15) is 12.5 Å². The number of rotatable bonds is 4. The van der Waals surface area contributed by atoms with Gasteiger partial charge in [-0.25, -0.2) is 4.98 Å². The van der Waals surface area contributed by atoms with Gasteiger partial charge in [0.1, 0.15) is 6.33 Å². The maximum atomic E-state index is 11.9. The average Bonchev–Trinajstić information content (AvgIpc) is 3.32. The molecule has 1 aliphatic rings. The Morgan fingerprint density at radius 1 is 1.46 bits per heavy atom. The first-order valence-electron chi connectivity index (χ1n) is 8.60. The van der Waals surface area contributed by atoms with Crippen molar-refractivity contribution in [2.45, 2.75) is 13.5 Å².